The van der Waals surface area contributed by atoms with Crippen molar-refractivity contribution in [1.29, 1.82) is 0 Å². The zero-order chi connectivity index (χ0) is 15.4. The Balaban J connectivity index is 1.64. The minimum absolute atomic E-state index is 0.259. The van der Waals surface area contributed by atoms with Crippen molar-refractivity contribution < 1.29 is 12.8 Å². The molecule has 0 amide bonds. The van der Waals surface area contributed by atoms with Crippen LogP contribution in [0.3, 0.4) is 0 Å². The number of nitrogens with one attached hydrogen (secondary N) is 2. The molecule has 0 atom stereocenters. The van der Waals surface area contributed by atoms with E-state index in [-0.39, 0.29) is 10.0 Å². The van der Waals surface area contributed by atoms with Crippen molar-refractivity contribution in [2.45, 2.75) is 10.8 Å². The number of rotatable bonds is 6. The highest BCUT2D eigenvalue weighted by molar-refractivity contribution is 7.94. The van der Waals surface area contributed by atoms with Gasteiger partial charge in [-0.1, -0.05) is 6.07 Å². The summed E-state index contributed by atoms with van der Waals surface area (Å²) in [5.74, 6) is 1.08. The van der Waals surface area contributed by atoms with Crippen molar-refractivity contribution in [1.82, 2.24) is 4.98 Å². The zero-order valence-electron chi connectivity index (χ0n) is 11.4. The van der Waals surface area contributed by atoms with Crippen LogP contribution in [0, 0.1) is 0 Å². The van der Waals surface area contributed by atoms with Crippen molar-refractivity contribution >= 4 is 32.9 Å². The lowest BCUT2D eigenvalue weighted by atomic mass is 10.4. The first kappa shape index (κ1) is 14.6. The van der Waals surface area contributed by atoms with Gasteiger partial charge < -0.3 is 9.73 Å². The predicted octanol–water partition coefficient (Wildman–Crippen LogP) is 3.15. The monoisotopic (exact) mass is 335 g/mol. The van der Waals surface area contributed by atoms with E-state index in [0.717, 1.165) is 22.8 Å². The van der Waals surface area contributed by atoms with Gasteiger partial charge in [-0.25, -0.2) is 13.4 Å². The molecule has 114 valence electrons. The maximum Gasteiger partial charge on any atom is 0.272 e. The Bertz CT molecular complexity index is 811. The Kier molecular flexibility index (Phi) is 4.12. The standard InChI is InChI=1S/C14H13N3O3S2/c18-22(19,14-4-2-8-21-14)17-13-6-5-11(9-16-13)15-10-12-3-1-7-20-12/h1-9,15H,10H2,(H,16,17). The molecule has 2 N–H and O–H groups in total. The number of sulfonamides is 1. The summed E-state index contributed by atoms with van der Waals surface area (Å²) in [6, 6.07) is 10.3. The topological polar surface area (TPSA) is 84.2 Å². The fourth-order valence-corrected chi connectivity index (χ4v) is 3.77. The van der Waals surface area contributed by atoms with Gasteiger partial charge in [0, 0.05) is 0 Å². The summed E-state index contributed by atoms with van der Waals surface area (Å²) < 4.78 is 32.0. The Morgan fingerprint density at radius 3 is 2.73 bits per heavy atom. The lowest BCUT2D eigenvalue weighted by Gasteiger charge is -2.07. The van der Waals surface area contributed by atoms with Gasteiger partial charge in [-0.05, 0) is 35.7 Å². The first-order chi connectivity index (χ1) is 10.6. The van der Waals surface area contributed by atoms with Crippen molar-refractivity contribution in [3.05, 3.63) is 60.0 Å². The van der Waals surface area contributed by atoms with Crippen molar-refractivity contribution in [2.24, 2.45) is 0 Å². The van der Waals surface area contributed by atoms with Gasteiger partial charge in [0.25, 0.3) is 10.0 Å². The maximum absolute atomic E-state index is 12.1. The first-order valence-corrected chi connectivity index (χ1v) is 8.78. The number of hydrogen-bond donors (Lipinski definition) is 2. The number of furan rings is 1. The van der Waals surface area contributed by atoms with Crippen LogP contribution in [0.5, 0.6) is 0 Å². The van der Waals surface area contributed by atoms with E-state index in [4.69, 9.17) is 4.42 Å². The van der Waals surface area contributed by atoms with E-state index in [2.05, 4.69) is 15.0 Å². The SMILES string of the molecule is O=S(=O)(Nc1ccc(NCc2ccco2)cn1)c1cccs1. The summed E-state index contributed by atoms with van der Waals surface area (Å²) >= 11 is 1.16. The minimum atomic E-state index is -3.56. The fraction of sp³-hybridized carbons (Fsp3) is 0.0714. The van der Waals surface area contributed by atoms with Gasteiger partial charge in [0.2, 0.25) is 0 Å². The Morgan fingerprint density at radius 1 is 1.18 bits per heavy atom. The molecule has 3 aromatic rings. The molecule has 8 heteroatoms. The minimum Gasteiger partial charge on any atom is -0.467 e. The molecule has 0 bridgehead atoms. The summed E-state index contributed by atoms with van der Waals surface area (Å²) in [5, 5.41) is 4.85. The Morgan fingerprint density at radius 2 is 2.09 bits per heavy atom. The summed E-state index contributed by atoms with van der Waals surface area (Å²) in [4.78, 5) is 4.09. The Hall–Kier alpha value is -2.32. The lowest BCUT2D eigenvalue weighted by molar-refractivity contribution is 0.518. The van der Waals surface area contributed by atoms with Gasteiger partial charge in [0.1, 0.15) is 15.8 Å². The van der Waals surface area contributed by atoms with Crippen LogP contribution in [-0.2, 0) is 16.6 Å². The highest BCUT2D eigenvalue weighted by Gasteiger charge is 2.15. The van der Waals surface area contributed by atoms with Crippen LogP contribution in [-0.4, -0.2) is 13.4 Å². The molecular formula is C14H13N3O3S2. The summed E-state index contributed by atoms with van der Waals surface area (Å²) in [6.07, 6.45) is 3.17. The van der Waals surface area contributed by atoms with E-state index in [0.29, 0.717) is 6.54 Å². The van der Waals surface area contributed by atoms with E-state index >= 15 is 0 Å². The van der Waals surface area contributed by atoms with Crippen LogP contribution < -0.4 is 10.0 Å². The van der Waals surface area contributed by atoms with Gasteiger partial charge in [-0.2, -0.15) is 0 Å². The largest absolute Gasteiger partial charge is 0.467 e. The lowest BCUT2D eigenvalue weighted by Crippen LogP contribution is -2.12. The highest BCUT2D eigenvalue weighted by atomic mass is 32.2. The van der Waals surface area contributed by atoms with Gasteiger partial charge in [-0.3, -0.25) is 4.72 Å². The van der Waals surface area contributed by atoms with Crippen molar-refractivity contribution in [2.75, 3.05) is 10.0 Å². The van der Waals surface area contributed by atoms with Crippen LogP contribution >= 0.6 is 11.3 Å². The molecule has 3 rings (SSSR count). The molecule has 0 saturated heterocycles. The van der Waals surface area contributed by atoms with E-state index in [1.807, 2.05) is 12.1 Å². The van der Waals surface area contributed by atoms with Gasteiger partial charge in [0.05, 0.1) is 24.7 Å². The van der Waals surface area contributed by atoms with E-state index < -0.39 is 10.0 Å². The maximum atomic E-state index is 12.1. The second kappa shape index (κ2) is 6.20. The summed E-state index contributed by atoms with van der Waals surface area (Å²) in [5.41, 5.74) is 0.774. The number of hydrogen-bond acceptors (Lipinski definition) is 6. The smallest absolute Gasteiger partial charge is 0.272 e. The number of anilines is 2. The second-order valence-corrected chi connectivity index (χ2v) is 7.26. The third-order valence-corrected chi connectivity index (χ3v) is 5.56. The average Bonchev–Trinajstić information content (AvgIpc) is 3.20. The third kappa shape index (κ3) is 3.46. The van der Waals surface area contributed by atoms with E-state index in [1.165, 1.54) is 0 Å². The van der Waals surface area contributed by atoms with Gasteiger partial charge >= 0.3 is 0 Å². The van der Waals surface area contributed by atoms with Crippen molar-refractivity contribution in [3.8, 4) is 0 Å². The number of aromatic nitrogens is 1. The van der Waals surface area contributed by atoms with Crippen LogP contribution in [0.25, 0.3) is 0 Å². The molecule has 3 aromatic heterocycles. The van der Waals surface area contributed by atoms with Crippen LogP contribution in [0.2, 0.25) is 0 Å². The normalized spacial score (nSPS) is 11.3. The molecule has 0 aliphatic rings. The highest BCUT2D eigenvalue weighted by Crippen LogP contribution is 2.20. The number of nitrogens with zero attached hydrogens (tertiary/aromatic N) is 1. The molecule has 0 radical (unpaired) electrons. The molecule has 0 aliphatic heterocycles. The molecule has 0 aliphatic carbocycles. The van der Waals surface area contributed by atoms with Crippen LogP contribution in [0.15, 0.2) is 62.9 Å². The molecular weight excluding hydrogens is 322 g/mol. The fourth-order valence-electron chi connectivity index (χ4n) is 1.77. The van der Waals surface area contributed by atoms with E-state index in [1.54, 1.807) is 42.1 Å². The molecule has 0 unspecified atom stereocenters. The summed E-state index contributed by atoms with van der Waals surface area (Å²) in [6.45, 7) is 0.537. The quantitative estimate of drug-likeness (QED) is 0.723. The molecule has 6 nitrogen and oxygen atoms in total. The van der Waals surface area contributed by atoms with Gasteiger partial charge in [0.15, 0.2) is 0 Å². The predicted molar refractivity (Wildman–Crippen MR) is 85.4 cm³/mol. The molecule has 3 heterocycles. The molecule has 0 aromatic carbocycles. The molecule has 0 fully saturated rings. The zero-order valence-corrected chi connectivity index (χ0v) is 13.0. The summed E-state index contributed by atoms with van der Waals surface area (Å²) in [7, 11) is -3.56. The van der Waals surface area contributed by atoms with E-state index in [9.17, 15) is 8.42 Å². The van der Waals surface area contributed by atoms with Crippen LogP contribution in [0.4, 0.5) is 11.5 Å². The van der Waals surface area contributed by atoms with Gasteiger partial charge in [-0.15, -0.1) is 11.3 Å². The van der Waals surface area contributed by atoms with Crippen molar-refractivity contribution in [3.63, 3.8) is 0 Å². The Labute approximate surface area is 131 Å². The van der Waals surface area contributed by atoms with Crippen LogP contribution in [0.1, 0.15) is 5.76 Å². The molecule has 22 heavy (non-hydrogen) atoms. The first-order valence-electron chi connectivity index (χ1n) is 6.42. The average molecular weight is 335 g/mol. The number of pyridine rings is 1. The third-order valence-electron chi connectivity index (χ3n) is 2.81. The molecule has 0 saturated carbocycles. The number of thiophene rings is 1. The molecule has 0 spiro atoms. The second-order valence-electron chi connectivity index (χ2n) is 4.40.